The van der Waals surface area contributed by atoms with Crippen molar-refractivity contribution in [1.29, 1.82) is 0 Å². The smallest absolute Gasteiger partial charge is 0.376 e. The first kappa shape index (κ1) is 26.0. The molecule has 2 aromatic carbocycles. The van der Waals surface area contributed by atoms with E-state index in [1.807, 2.05) is 4.57 Å². The van der Waals surface area contributed by atoms with Crippen LogP contribution in [0.5, 0.6) is 0 Å². The Bertz CT molecular complexity index is 1280. The first-order valence-electron chi connectivity index (χ1n) is 11.5. The number of alkyl halides is 3. The van der Waals surface area contributed by atoms with Crippen molar-refractivity contribution >= 4 is 32.8 Å². The molecule has 0 unspecified atom stereocenters. The van der Waals surface area contributed by atoms with E-state index in [9.17, 15) is 21.6 Å². The van der Waals surface area contributed by atoms with Gasteiger partial charge in [-0.25, -0.2) is 13.4 Å². The van der Waals surface area contributed by atoms with Crippen LogP contribution in [0.25, 0.3) is 11.0 Å². The van der Waals surface area contributed by atoms with Crippen molar-refractivity contribution in [1.82, 2.24) is 13.9 Å². The highest BCUT2D eigenvalue weighted by atomic mass is 32.2. The lowest BCUT2D eigenvalue weighted by molar-refractivity contribution is -0.137. The predicted molar refractivity (Wildman–Crippen MR) is 130 cm³/mol. The second-order valence-corrected chi connectivity index (χ2v) is 11.2. The Morgan fingerprint density at radius 2 is 1.94 bits per heavy atom. The fourth-order valence-electron chi connectivity index (χ4n) is 4.22. The van der Waals surface area contributed by atoms with Crippen LogP contribution in [0.3, 0.4) is 0 Å². The predicted octanol–water partition coefficient (Wildman–Crippen LogP) is 5.56. The molecule has 0 radical (unpaired) electrons. The number of fused-ring (bicyclic) bond motifs is 1. The summed E-state index contributed by atoms with van der Waals surface area (Å²) in [4.78, 5) is 4.86. The number of benzene rings is 2. The molecule has 0 saturated carbocycles. The maximum atomic E-state index is 13.1. The summed E-state index contributed by atoms with van der Waals surface area (Å²) in [6, 6.07) is 10.2. The Kier molecular flexibility index (Phi) is 7.80. The van der Waals surface area contributed by atoms with Crippen molar-refractivity contribution in [2.24, 2.45) is 0 Å². The van der Waals surface area contributed by atoms with Gasteiger partial charge in [0.05, 0.1) is 34.1 Å². The summed E-state index contributed by atoms with van der Waals surface area (Å²) in [5.41, 5.74) is 1.15. The van der Waals surface area contributed by atoms with Gasteiger partial charge >= 0.3 is 6.18 Å². The van der Waals surface area contributed by atoms with Crippen LogP contribution in [0, 0.1) is 0 Å². The van der Waals surface area contributed by atoms with Crippen molar-refractivity contribution in [2.75, 3.05) is 19.7 Å². The second-order valence-electron chi connectivity index (χ2n) is 8.37. The third kappa shape index (κ3) is 5.68. The van der Waals surface area contributed by atoms with Crippen molar-refractivity contribution in [3.8, 4) is 0 Å². The van der Waals surface area contributed by atoms with E-state index < -0.39 is 21.8 Å². The maximum Gasteiger partial charge on any atom is 0.416 e. The van der Waals surface area contributed by atoms with Gasteiger partial charge in [0.1, 0.15) is 0 Å². The van der Waals surface area contributed by atoms with E-state index in [0.29, 0.717) is 48.2 Å². The van der Waals surface area contributed by atoms with Gasteiger partial charge in [0.25, 0.3) is 0 Å². The number of halogens is 3. The van der Waals surface area contributed by atoms with Gasteiger partial charge in [0.15, 0.2) is 5.16 Å². The van der Waals surface area contributed by atoms with Crippen LogP contribution >= 0.6 is 11.8 Å². The fourth-order valence-corrected chi connectivity index (χ4v) is 6.67. The molecule has 11 heteroatoms. The molecular formula is C24H28F3N3O3S2. The number of rotatable bonds is 9. The Hall–Kier alpha value is -2.08. The number of ether oxygens (including phenoxy) is 1. The molecule has 1 aliphatic rings. The van der Waals surface area contributed by atoms with Crippen LogP contribution in [0.1, 0.15) is 37.8 Å². The van der Waals surface area contributed by atoms with Gasteiger partial charge in [0, 0.05) is 25.4 Å². The van der Waals surface area contributed by atoms with E-state index in [2.05, 4.69) is 0 Å². The zero-order chi connectivity index (χ0) is 25.2. The monoisotopic (exact) mass is 527 g/mol. The molecule has 0 spiro atoms. The van der Waals surface area contributed by atoms with Gasteiger partial charge in [-0.2, -0.15) is 17.5 Å². The molecule has 1 saturated heterocycles. The molecule has 6 nitrogen and oxygen atoms in total. The van der Waals surface area contributed by atoms with Crippen LogP contribution < -0.4 is 0 Å². The number of sulfonamides is 1. The summed E-state index contributed by atoms with van der Waals surface area (Å²) in [6.45, 7) is 5.54. The standard InChI is InChI=1S/C24H28F3N3O3S2/c1-3-29(4-2)35(31,32)20-10-11-22-21(14-20)28-23(30(22)15-19-9-6-12-33-19)34-16-17-7-5-8-18(13-17)24(25,26)27/h5,7-8,10-11,13-14,19H,3-4,6,9,12,15-16H2,1-2H3/t19-/m1/s1. The highest BCUT2D eigenvalue weighted by Crippen LogP contribution is 2.33. The Morgan fingerprint density at radius 1 is 1.17 bits per heavy atom. The molecular weight excluding hydrogens is 499 g/mol. The number of hydrogen-bond acceptors (Lipinski definition) is 5. The van der Waals surface area contributed by atoms with E-state index in [0.717, 1.165) is 30.5 Å². The number of hydrogen-bond donors (Lipinski definition) is 0. The molecule has 4 rings (SSSR count). The summed E-state index contributed by atoms with van der Waals surface area (Å²) in [6.07, 6.45) is -2.51. The van der Waals surface area contributed by atoms with Crippen LogP contribution in [0.15, 0.2) is 52.5 Å². The van der Waals surface area contributed by atoms with Gasteiger partial charge in [-0.1, -0.05) is 43.8 Å². The van der Waals surface area contributed by atoms with Gasteiger partial charge in [-0.15, -0.1) is 0 Å². The molecule has 1 atom stereocenters. The lowest BCUT2D eigenvalue weighted by Gasteiger charge is -2.18. The summed E-state index contributed by atoms with van der Waals surface area (Å²) in [7, 11) is -3.65. The first-order chi connectivity index (χ1) is 16.6. The third-order valence-corrected chi connectivity index (χ3v) is 9.15. The highest BCUT2D eigenvalue weighted by Gasteiger charge is 2.30. The van der Waals surface area contributed by atoms with Gasteiger partial charge in [-0.05, 0) is 42.7 Å². The Balaban J connectivity index is 1.68. The van der Waals surface area contributed by atoms with Crippen molar-refractivity contribution in [2.45, 2.75) is 61.3 Å². The molecule has 1 aromatic heterocycles. The maximum absolute atomic E-state index is 13.1. The van der Waals surface area contributed by atoms with Crippen LogP contribution in [0.2, 0.25) is 0 Å². The van der Waals surface area contributed by atoms with Crippen molar-refractivity contribution in [3.63, 3.8) is 0 Å². The lowest BCUT2D eigenvalue weighted by atomic mass is 10.1. The average Bonchev–Trinajstić information content (AvgIpc) is 3.46. The highest BCUT2D eigenvalue weighted by molar-refractivity contribution is 7.98. The molecule has 0 amide bonds. The molecule has 1 aliphatic heterocycles. The minimum absolute atomic E-state index is 0.0133. The average molecular weight is 528 g/mol. The van der Waals surface area contributed by atoms with E-state index in [1.54, 1.807) is 38.1 Å². The molecule has 0 aliphatic carbocycles. The summed E-state index contributed by atoms with van der Waals surface area (Å²) < 4.78 is 74.5. The summed E-state index contributed by atoms with van der Waals surface area (Å²) >= 11 is 1.33. The lowest BCUT2D eigenvalue weighted by Crippen LogP contribution is -2.30. The van der Waals surface area contributed by atoms with Crippen LogP contribution in [-0.4, -0.2) is 48.1 Å². The summed E-state index contributed by atoms with van der Waals surface area (Å²) in [5, 5.41) is 0.616. The largest absolute Gasteiger partial charge is 0.416 e. The molecule has 1 fully saturated rings. The zero-order valence-corrected chi connectivity index (χ0v) is 21.2. The number of imidazole rings is 1. The topological polar surface area (TPSA) is 64.4 Å². The number of thioether (sulfide) groups is 1. The summed E-state index contributed by atoms with van der Waals surface area (Å²) in [5.74, 6) is 0.295. The molecule has 0 bridgehead atoms. The van der Waals surface area contributed by atoms with E-state index >= 15 is 0 Å². The van der Waals surface area contributed by atoms with Crippen molar-refractivity contribution < 1.29 is 26.3 Å². The molecule has 3 aromatic rings. The molecule has 190 valence electrons. The van der Waals surface area contributed by atoms with E-state index in [1.165, 1.54) is 22.1 Å². The minimum atomic E-state index is -4.40. The van der Waals surface area contributed by atoms with Gasteiger partial charge in [0.2, 0.25) is 10.0 Å². The van der Waals surface area contributed by atoms with E-state index in [4.69, 9.17) is 9.72 Å². The van der Waals surface area contributed by atoms with E-state index in [-0.39, 0.29) is 11.0 Å². The van der Waals surface area contributed by atoms with Crippen molar-refractivity contribution in [3.05, 3.63) is 53.6 Å². The van der Waals surface area contributed by atoms with Gasteiger partial charge < -0.3 is 9.30 Å². The first-order valence-corrected chi connectivity index (χ1v) is 14.0. The number of nitrogens with zero attached hydrogens (tertiary/aromatic N) is 3. The second kappa shape index (κ2) is 10.5. The third-order valence-electron chi connectivity index (χ3n) is 6.06. The Morgan fingerprint density at radius 3 is 2.60 bits per heavy atom. The molecule has 35 heavy (non-hydrogen) atoms. The fraction of sp³-hybridized carbons (Fsp3) is 0.458. The molecule has 0 N–H and O–H groups in total. The minimum Gasteiger partial charge on any atom is -0.376 e. The Labute approximate surface area is 207 Å². The normalized spacial score (nSPS) is 17.0. The SMILES string of the molecule is CCN(CC)S(=O)(=O)c1ccc2c(c1)nc(SCc1cccc(C(F)(F)F)c1)n2C[C@H]1CCCO1. The van der Waals surface area contributed by atoms with Crippen LogP contribution in [-0.2, 0) is 33.2 Å². The van der Waals surface area contributed by atoms with Gasteiger partial charge in [-0.3, -0.25) is 0 Å². The quantitative estimate of drug-likeness (QED) is 0.341. The number of aromatic nitrogens is 2. The zero-order valence-electron chi connectivity index (χ0n) is 19.6. The van der Waals surface area contributed by atoms with Crippen LogP contribution in [0.4, 0.5) is 13.2 Å². The molecule has 2 heterocycles.